The van der Waals surface area contributed by atoms with Gasteiger partial charge in [-0.2, -0.15) is 4.98 Å². The van der Waals surface area contributed by atoms with Crippen molar-refractivity contribution in [3.05, 3.63) is 24.3 Å². The van der Waals surface area contributed by atoms with Crippen LogP contribution in [-0.2, 0) is 0 Å². The molecule has 0 amide bonds. The normalized spacial score (nSPS) is 16.6. The van der Waals surface area contributed by atoms with E-state index < -0.39 is 0 Å². The van der Waals surface area contributed by atoms with Crippen molar-refractivity contribution in [1.82, 2.24) is 9.97 Å². The molecular weight excluding hydrogens is 250 g/mol. The Hall–Kier alpha value is -1.88. The van der Waals surface area contributed by atoms with Crippen LogP contribution in [0.15, 0.2) is 24.3 Å². The second-order valence-corrected chi connectivity index (χ2v) is 5.58. The number of anilines is 2. The van der Waals surface area contributed by atoms with E-state index in [1.54, 1.807) is 0 Å². The Morgan fingerprint density at radius 1 is 1.15 bits per heavy atom. The van der Waals surface area contributed by atoms with Crippen LogP contribution < -0.4 is 15.5 Å². The molecule has 0 unspecified atom stereocenters. The van der Waals surface area contributed by atoms with Gasteiger partial charge in [0.1, 0.15) is 5.82 Å². The predicted molar refractivity (Wildman–Crippen MR) is 83.3 cm³/mol. The quantitative estimate of drug-likeness (QED) is 0.899. The smallest absolute Gasteiger partial charge is 0.227 e. The van der Waals surface area contributed by atoms with E-state index in [-0.39, 0.29) is 0 Å². The zero-order valence-electron chi connectivity index (χ0n) is 12.1. The lowest BCUT2D eigenvalue weighted by atomic mass is 10.1. The molecule has 0 saturated carbocycles. The fourth-order valence-electron chi connectivity index (χ4n) is 2.63. The molecule has 2 N–H and O–H groups in total. The van der Waals surface area contributed by atoms with Gasteiger partial charge in [0.05, 0.1) is 5.52 Å². The van der Waals surface area contributed by atoms with E-state index in [2.05, 4.69) is 11.0 Å². The van der Waals surface area contributed by atoms with Crippen molar-refractivity contribution in [2.45, 2.75) is 18.9 Å². The lowest BCUT2D eigenvalue weighted by Gasteiger charge is -2.30. The second kappa shape index (κ2) is 5.25. The Bertz CT molecular complexity index is 602. The number of fused-ring (bicyclic) bond motifs is 1. The van der Waals surface area contributed by atoms with Crippen LogP contribution in [0.1, 0.15) is 12.8 Å². The Labute approximate surface area is 119 Å². The van der Waals surface area contributed by atoms with Crippen molar-refractivity contribution >= 4 is 22.7 Å². The number of nitrogens with two attached hydrogens (primary N) is 1. The molecule has 0 atom stereocenters. The average Bonchev–Trinajstić information content (AvgIpc) is 2.46. The standard InChI is InChI=1S/C15H21N5/c1-19(2)14-12-5-3-4-6-13(12)17-15(18-14)20-9-7-11(16)8-10-20/h3-6,11H,7-10,16H2,1-2H3. The highest BCUT2D eigenvalue weighted by atomic mass is 15.3. The minimum Gasteiger partial charge on any atom is -0.362 e. The van der Waals surface area contributed by atoms with Crippen molar-refractivity contribution in [2.75, 3.05) is 37.0 Å². The number of hydrogen-bond donors (Lipinski definition) is 1. The number of benzene rings is 1. The number of para-hydroxylation sites is 1. The highest BCUT2D eigenvalue weighted by molar-refractivity contribution is 5.90. The summed E-state index contributed by atoms with van der Waals surface area (Å²) in [6, 6.07) is 8.48. The van der Waals surface area contributed by atoms with Crippen LogP contribution in [0.5, 0.6) is 0 Å². The largest absolute Gasteiger partial charge is 0.362 e. The van der Waals surface area contributed by atoms with E-state index in [0.29, 0.717) is 6.04 Å². The molecule has 1 aromatic heterocycles. The molecule has 20 heavy (non-hydrogen) atoms. The molecule has 2 heterocycles. The summed E-state index contributed by atoms with van der Waals surface area (Å²) in [7, 11) is 4.04. The maximum absolute atomic E-state index is 5.97. The van der Waals surface area contributed by atoms with Gasteiger partial charge in [-0.25, -0.2) is 4.98 Å². The summed E-state index contributed by atoms with van der Waals surface area (Å²) in [6.07, 6.45) is 2.01. The van der Waals surface area contributed by atoms with Gasteiger partial charge in [0.15, 0.2) is 0 Å². The Balaban J connectivity index is 2.03. The number of aromatic nitrogens is 2. The summed E-state index contributed by atoms with van der Waals surface area (Å²) in [5, 5.41) is 1.09. The number of nitrogens with zero attached hydrogens (tertiary/aromatic N) is 4. The lowest BCUT2D eigenvalue weighted by Crippen LogP contribution is -2.40. The Morgan fingerprint density at radius 3 is 2.55 bits per heavy atom. The predicted octanol–water partition coefficient (Wildman–Crippen LogP) is 1.62. The zero-order chi connectivity index (χ0) is 14.1. The minimum absolute atomic E-state index is 0.319. The molecule has 0 bridgehead atoms. The molecule has 0 spiro atoms. The summed E-state index contributed by atoms with van der Waals surface area (Å²) >= 11 is 0. The fraction of sp³-hybridized carbons (Fsp3) is 0.467. The molecule has 1 fully saturated rings. The lowest BCUT2D eigenvalue weighted by molar-refractivity contribution is 0.496. The Kier molecular flexibility index (Phi) is 3.44. The monoisotopic (exact) mass is 271 g/mol. The van der Waals surface area contributed by atoms with Gasteiger partial charge in [0.2, 0.25) is 5.95 Å². The molecule has 1 saturated heterocycles. The first-order valence-electron chi connectivity index (χ1n) is 7.10. The van der Waals surface area contributed by atoms with E-state index in [0.717, 1.165) is 48.6 Å². The topological polar surface area (TPSA) is 58.3 Å². The first-order valence-corrected chi connectivity index (χ1v) is 7.10. The highest BCUT2D eigenvalue weighted by Crippen LogP contribution is 2.26. The van der Waals surface area contributed by atoms with E-state index in [1.165, 1.54) is 0 Å². The summed E-state index contributed by atoms with van der Waals surface area (Å²) in [5.41, 5.74) is 6.96. The molecule has 5 nitrogen and oxygen atoms in total. The van der Waals surface area contributed by atoms with Gasteiger partial charge >= 0.3 is 0 Å². The molecule has 5 heteroatoms. The van der Waals surface area contributed by atoms with Crippen LogP contribution in [0.25, 0.3) is 10.9 Å². The maximum Gasteiger partial charge on any atom is 0.227 e. The molecule has 1 aliphatic rings. The third-order valence-corrected chi connectivity index (χ3v) is 3.82. The van der Waals surface area contributed by atoms with Crippen LogP contribution in [0.2, 0.25) is 0 Å². The summed E-state index contributed by atoms with van der Waals surface area (Å²) in [6.45, 7) is 1.87. The van der Waals surface area contributed by atoms with E-state index in [4.69, 9.17) is 15.7 Å². The van der Waals surface area contributed by atoms with Crippen molar-refractivity contribution in [3.63, 3.8) is 0 Å². The molecular formula is C15H21N5. The van der Waals surface area contributed by atoms with Gasteiger partial charge in [-0.3, -0.25) is 0 Å². The van der Waals surface area contributed by atoms with Crippen LogP contribution in [-0.4, -0.2) is 43.2 Å². The fourth-order valence-corrected chi connectivity index (χ4v) is 2.63. The zero-order valence-corrected chi connectivity index (χ0v) is 12.1. The molecule has 0 aliphatic carbocycles. The van der Waals surface area contributed by atoms with Crippen molar-refractivity contribution in [3.8, 4) is 0 Å². The molecule has 106 valence electrons. The first-order chi connectivity index (χ1) is 9.65. The van der Waals surface area contributed by atoms with Gasteiger partial charge in [-0.05, 0) is 25.0 Å². The Morgan fingerprint density at radius 2 is 1.85 bits per heavy atom. The molecule has 3 rings (SSSR count). The maximum atomic E-state index is 5.97. The first kappa shape index (κ1) is 13.1. The molecule has 0 radical (unpaired) electrons. The van der Waals surface area contributed by atoms with E-state index in [9.17, 15) is 0 Å². The van der Waals surface area contributed by atoms with Gasteiger partial charge < -0.3 is 15.5 Å². The van der Waals surface area contributed by atoms with E-state index >= 15 is 0 Å². The van der Waals surface area contributed by atoms with E-state index in [1.807, 2.05) is 37.2 Å². The second-order valence-electron chi connectivity index (χ2n) is 5.58. The third-order valence-electron chi connectivity index (χ3n) is 3.82. The van der Waals surface area contributed by atoms with Crippen molar-refractivity contribution in [2.24, 2.45) is 5.73 Å². The molecule has 2 aromatic rings. The van der Waals surface area contributed by atoms with Crippen molar-refractivity contribution < 1.29 is 0 Å². The molecule has 1 aliphatic heterocycles. The minimum atomic E-state index is 0.319. The summed E-state index contributed by atoms with van der Waals surface area (Å²) < 4.78 is 0. The number of piperidine rings is 1. The third kappa shape index (κ3) is 2.41. The van der Waals surface area contributed by atoms with Crippen LogP contribution in [0.4, 0.5) is 11.8 Å². The number of rotatable bonds is 2. The van der Waals surface area contributed by atoms with Gasteiger partial charge in [-0.1, -0.05) is 12.1 Å². The van der Waals surface area contributed by atoms with Crippen LogP contribution in [0.3, 0.4) is 0 Å². The molecule has 1 aromatic carbocycles. The number of hydrogen-bond acceptors (Lipinski definition) is 5. The van der Waals surface area contributed by atoms with Gasteiger partial charge in [-0.15, -0.1) is 0 Å². The highest BCUT2D eigenvalue weighted by Gasteiger charge is 2.20. The van der Waals surface area contributed by atoms with Crippen LogP contribution >= 0.6 is 0 Å². The summed E-state index contributed by atoms with van der Waals surface area (Å²) in [4.78, 5) is 13.7. The van der Waals surface area contributed by atoms with Crippen LogP contribution in [0, 0.1) is 0 Å². The van der Waals surface area contributed by atoms with Gasteiger partial charge in [0, 0.05) is 38.6 Å². The summed E-state index contributed by atoms with van der Waals surface area (Å²) in [5.74, 6) is 1.79. The SMILES string of the molecule is CN(C)c1nc(N2CCC(N)CC2)nc2ccccc12. The van der Waals surface area contributed by atoms with Crippen molar-refractivity contribution in [1.29, 1.82) is 0 Å². The average molecular weight is 271 g/mol. The van der Waals surface area contributed by atoms with Gasteiger partial charge in [0.25, 0.3) is 0 Å².